The summed E-state index contributed by atoms with van der Waals surface area (Å²) in [6, 6.07) is 19.8. The molecule has 4 nitrogen and oxygen atoms in total. The molecular formula is C25H23N3O. The molecule has 4 aromatic rings. The van der Waals surface area contributed by atoms with Crippen LogP contribution in [-0.4, -0.2) is 27.8 Å². The summed E-state index contributed by atoms with van der Waals surface area (Å²) < 4.78 is 0. The molecule has 0 saturated heterocycles. The topological polar surface area (TPSA) is 46.1 Å². The Morgan fingerprint density at radius 1 is 0.966 bits per heavy atom. The molecule has 0 aliphatic rings. The van der Waals surface area contributed by atoms with Gasteiger partial charge in [-0.05, 0) is 49.2 Å². The summed E-state index contributed by atoms with van der Waals surface area (Å²) >= 11 is 0. The van der Waals surface area contributed by atoms with Crippen LogP contribution >= 0.6 is 0 Å². The van der Waals surface area contributed by atoms with Crippen LogP contribution in [-0.2, 0) is 6.54 Å². The van der Waals surface area contributed by atoms with Crippen LogP contribution in [0.2, 0.25) is 0 Å². The SMILES string of the molecule is Cc1ccc(CN(C)C(=O)c2cc(-c3ccncc3)nc3ccccc23)c(C)c1. The van der Waals surface area contributed by atoms with Gasteiger partial charge in [-0.25, -0.2) is 4.98 Å². The standard InChI is InChI=1S/C25H23N3O/c1-17-8-9-20(18(2)14-17)16-28(3)25(29)22-15-24(19-10-12-26-13-11-19)27-23-7-5-4-6-21(22)23/h4-15H,16H2,1-3H3. The summed E-state index contributed by atoms with van der Waals surface area (Å²) in [7, 11) is 1.85. The van der Waals surface area contributed by atoms with Gasteiger partial charge >= 0.3 is 0 Å². The Morgan fingerprint density at radius 2 is 1.72 bits per heavy atom. The maximum atomic E-state index is 13.4. The van der Waals surface area contributed by atoms with E-state index in [1.807, 2.05) is 49.5 Å². The van der Waals surface area contributed by atoms with Crippen molar-refractivity contribution in [2.24, 2.45) is 0 Å². The van der Waals surface area contributed by atoms with Crippen molar-refractivity contribution in [1.29, 1.82) is 0 Å². The molecule has 2 aromatic carbocycles. The number of pyridine rings is 2. The minimum atomic E-state index is -0.0149. The van der Waals surface area contributed by atoms with Crippen molar-refractivity contribution >= 4 is 16.8 Å². The van der Waals surface area contributed by atoms with E-state index in [9.17, 15) is 4.79 Å². The second-order valence-electron chi connectivity index (χ2n) is 7.40. The van der Waals surface area contributed by atoms with Crippen molar-refractivity contribution in [1.82, 2.24) is 14.9 Å². The molecule has 29 heavy (non-hydrogen) atoms. The monoisotopic (exact) mass is 381 g/mol. The average Bonchev–Trinajstić information content (AvgIpc) is 2.75. The van der Waals surface area contributed by atoms with Crippen molar-refractivity contribution in [3.63, 3.8) is 0 Å². The smallest absolute Gasteiger partial charge is 0.254 e. The first kappa shape index (κ1) is 18.8. The Labute approximate surface area is 170 Å². The summed E-state index contributed by atoms with van der Waals surface area (Å²) in [5.74, 6) is -0.0149. The highest BCUT2D eigenvalue weighted by molar-refractivity contribution is 6.07. The molecule has 0 aliphatic heterocycles. The van der Waals surface area contributed by atoms with E-state index in [0.29, 0.717) is 12.1 Å². The van der Waals surface area contributed by atoms with Gasteiger partial charge in [0.1, 0.15) is 0 Å². The van der Waals surface area contributed by atoms with E-state index in [1.165, 1.54) is 11.1 Å². The number of carbonyl (C=O) groups is 1. The van der Waals surface area contributed by atoms with Gasteiger partial charge in [0.25, 0.3) is 5.91 Å². The van der Waals surface area contributed by atoms with Crippen molar-refractivity contribution in [2.75, 3.05) is 7.05 Å². The number of aryl methyl sites for hydroxylation is 2. The number of rotatable bonds is 4. The van der Waals surface area contributed by atoms with Gasteiger partial charge in [-0.2, -0.15) is 0 Å². The Bertz CT molecular complexity index is 1190. The first-order valence-corrected chi connectivity index (χ1v) is 9.65. The Morgan fingerprint density at radius 3 is 2.48 bits per heavy atom. The van der Waals surface area contributed by atoms with E-state index in [2.05, 4.69) is 37.0 Å². The molecule has 1 amide bonds. The maximum Gasteiger partial charge on any atom is 0.254 e. The number of hydrogen-bond acceptors (Lipinski definition) is 3. The zero-order valence-corrected chi connectivity index (χ0v) is 16.9. The Balaban J connectivity index is 1.74. The molecule has 0 N–H and O–H groups in total. The highest BCUT2D eigenvalue weighted by Gasteiger charge is 2.18. The number of benzene rings is 2. The zero-order chi connectivity index (χ0) is 20.4. The summed E-state index contributed by atoms with van der Waals surface area (Å²) in [5, 5.41) is 0.864. The predicted octanol–water partition coefficient (Wildman–Crippen LogP) is 5.19. The van der Waals surface area contributed by atoms with E-state index in [0.717, 1.165) is 27.7 Å². The summed E-state index contributed by atoms with van der Waals surface area (Å²) in [6.07, 6.45) is 3.47. The molecule has 0 bridgehead atoms. The first-order chi connectivity index (χ1) is 14.0. The molecule has 4 heteroatoms. The second-order valence-corrected chi connectivity index (χ2v) is 7.40. The third-order valence-corrected chi connectivity index (χ3v) is 5.17. The highest BCUT2D eigenvalue weighted by Crippen LogP contribution is 2.26. The highest BCUT2D eigenvalue weighted by atomic mass is 16.2. The van der Waals surface area contributed by atoms with Gasteiger partial charge in [-0.15, -0.1) is 0 Å². The van der Waals surface area contributed by atoms with Gasteiger partial charge in [0.05, 0.1) is 16.8 Å². The lowest BCUT2D eigenvalue weighted by Crippen LogP contribution is -2.27. The first-order valence-electron chi connectivity index (χ1n) is 9.65. The fourth-order valence-electron chi connectivity index (χ4n) is 3.58. The number of carbonyl (C=O) groups excluding carboxylic acids is 1. The minimum absolute atomic E-state index is 0.0149. The fourth-order valence-corrected chi connectivity index (χ4v) is 3.58. The predicted molar refractivity (Wildman–Crippen MR) is 117 cm³/mol. The largest absolute Gasteiger partial charge is 0.337 e. The minimum Gasteiger partial charge on any atom is -0.337 e. The lowest BCUT2D eigenvalue weighted by Gasteiger charge is -2.20. The molecule has 0 aliphatic carbocycles. The number of hydrogen-bond donors (Lipinski definition) is 0. The zero-order valence-electron chi connectivity index (χ0n) is 16.9. The molecular weight excluding hydrogens is 358 g/mol. The van der Waals surface area contributed by atoms with Gasteiger partial charge in [-0.3, -0.25) is 9.78 Å². The molecule has 0 saturated carbocycles. The number of nitrogens with zero attached hydrogens (tertiary/aromatic N) is 3. The lowest BCUT2D eigenvalue weighted by molar-refractivity contribution is 0.0787. The molecule has 2 heterocycles. The number of fused-ring (bicyclic) bond motifs is 1. The third kappa shape index (κ3) is 3.87. The van der Waals surface area contributed by atoms with Crippen LogP contribution in [0.3, 0.4) is 0 Å². The van der Waals surface area contributed by atoms with E-state index in [1.54, 1.807) is 17.3 Å². The third-order valence-electron chi connectivity index (χ3n) is 5.17. The van der Waals surface area contributed by atoms with Crippen LogP contribution < -0.4 is 0 Å². The van der Waals surface area contributed by atoms with Crippen molar-refractivity contribution in [3.8, 4) is 11.3 Å². The molecule has 0 fully saturated rings. The van der Waals surface area contributed by atoms with E-state index < -0.39 is 0 Å². The van der Waals surface area contributed by atoms with Gasteiger partial charge in [-0.1, -0.05) is 42.0 Å². The van der Waals surface area contributed by atoms with Crippen LogP contribution in [0.25, 0.3) is 22.2 Å². The van der Waals surface area contributed by atoms with Gasteiger partial charge in [0.2, 0.25) is 0 Å². The van der Waals surface area contributed by atoms with Gasteiger partial charge < -0.3 is 4.90 Å². The average molecular weight is 381 g/mol. The normalized spacial score (nSPS) is 10.9. The molecule has 0 unspecified atom stereocenters. The number of para-hydroxylation sites is 1. The van der Waals surface area contributed by atoms with Crippen molar-refractivity contribution in [2.45, 2.75) is 20.4 Å². The van der Waals surface area contributed by atoms with E-state index in [-0.39, 0.29) is 5.91 Å². The van der Waals surface area contributed by atoms with E-state index >= 15 is 0 Å². The molecule has 0 radical (unpaired) electrons. The van der Waals surface area contributed by atoms with Crippen molar-refractivity contribution < 1.29 is 4.79 Å². The quantitative estimate of drug-likeness (QED) is 0.489. The maximum absolute atomic E-state index is 13.4. The fraction of sp³-hybridized carbons (Fsp3) is 0.160. The van der Waals surface area contributed by atoms with Crippen LogP contribution in [0.4, 0.5) is 0 Å². The molecule has 0 spiro atoms. The molecule has 2 aromatic heterocycles. The summed E-state index contributed by atoms with van der Waals surface area (Å²) in [6.45, 7) is 4.73. The lowest BCUT2D eigenvalue weighted by atomic mass is 10.0. The van der Waals surface area contributed by atoms with Crippen LogP contribution in [0.5, 0.6) is 0 Å². The number of aromatic nitrogens is 2. The van der Waals surface area contributed by atoms with E-state index in [4.69, 9.17) is 4.98 Å². The summed E-state index contributed by atoms with van der Waals surface area (Å²) in [5.41, 5.74) is 6.76. The van der Waals surface area contributed by atoms with Crippen LogP contribution in [0.1, 0.15) is 27.0 Å². The molecule has 0 atom stereocenters. The van der Waals surface area contributed by atoms with Gasteiger partial charge in [0, 0.05) is 36.9 Å². The van der Waals surface area contributed by atoms with Gasteiger partial charge in [0.15, 0.2) is 0 Å². The van der Waals surface area contributed by atoms with Crippen LogP contribution in [0, 0.1) is 13.8 Å². The number of amides is 1. The molecule has 4 rings (SSSR count). The van der Waals surface area contributed by atoms with Crippen LogP contribution in [0.15, 0.2) is 73.1 Å². The Hall–Kier alpha value is -3.53. The molecule has 144 valence electrons. The Kier molecular flexibility index (Phi) is 5.09. The van der Waals surface area contributed by atoms with Crippen molar-refractivity contribution in [3.05, 3.63) is 95.3 Å². The second kappa shape index (κ2) is 7.84. The summed E-state index contributed by atoms with van der Waals surface area (Å²) in [4.78, 5) is 24.0.